The van der Waals surface area contributed by atoms with Gasteiger partial charge in [-0.05, 0) is 18.6 Å². The molecule has 1 aliphatic heterocycles. The van der Waals surface area contributed by atoms with Gasteiger partial charge in [-0.3, -0.25) is 9.78 Å². The molecule has 0 spiro atoms. The molecule has 0 bridgehead atoms. The largest absolute Gasteiger partial charge is 0.454 e. The van der Waals surface area contributed by atoms with Crippen molar-refractivity contribution < 1.29 is 19.4 Å². The van der Waals surface area contributed by atoms with Crippen molar-refractivity contribution >= 4 is 38.2 Å². The van der Waals surface area contributed by atoms with Gasteiger partial charge in [0.25, 0.3) is 5.91 Å². The summed E-state index contributed by atoms with van der Waals surface area (Å²) in [4.78, 5) is 18.2. The van der Waals surface area contributed by atoms with Crippen molar-refractivity contribution in [1.29, 1.82) is 0 Å². The quantitative estimate of drug-likeness (QED) is 0.536. The molecule has 29 heavy (non-hydrogen) atoms. The molecule has 146 valence electrons. The molecule has 5 rings (SSSR count). The van der Waals surface area contributed by atoms with Crippen molar-refractivity contribution in [1.82, 2.24) is 10.3 Å². The van der Waals surface area contributed by atoms with Crippen LogP contribution >= 0.6 is 11.3 Å². The Morgan fingerprint density at radius 3 is 2.72 bits per heavy atom. The summed E-state index contributed by atoms with van der Waals surface area (Å²) in [5.41, 5.74) is 2.59. The zero-order valence-corrected chi connectivity index (χ0v) is 16.5. The fourth-order valence-corrected chi connectivity index (χ4v) is 4.73. The molecule has 6 nitrogen and oxygen atoms in total. The van der Waals surface area contributed by atoms with Gasteiger partial charge in [0.2, 0.25) is 6.79 Å². The van der Waals surface area contributed by atoms with Gasteiger partial charge < -0.3 is 19.9 Å². The van der Waals surface area contributed by atoms with Gasteiger partial charge in [0, 0.05) is 39.8 Å². The Labute approximate surface area is 170 Å². The number of rotatable bonds is 4. The molecule has 1 atom stereocenters. The van der Waals surface area contributed by atoms with Crippen LogP contribution < -0.4 is 14.8 Å². The van der Waals surface area contributed by atoms with Crippen LogP contribution in [0.25, 0.3) is 32.1 Å². The second-order valence-electron chi connectivity index (χ2n) is 6.95. The predicted octanol–water partition coefficient (Wildman–Crippen LogP) is 3.96. The summed E-state index contributed by atoms with van der Waals surface area (Å²) in [7, 11) is 0. The van der Waals surface area contributed by atoms with E-state index in [0.717, 1.165) is 32.1 Å². The number of carbonyl (C=O) groups excluding carboxylic acids is 1. The van der Waals surface area contributed by atoms with Gasteiger partial charge >= 0.3 is 0 Å². The summed E-state index contributed by atoms with van der Waals surface area (Å²) in [5, 5.41) is 14.2. The van der Waals surface area contributed by atoms with Crippen LogP contribution in [0.3, 0.4) is 0 Å². The van der Waals surface area contributed by atoms with Crippen molar-refractivity contribution in [3.63, 3.8) is 0 Å². The van der Waals surface area contributed by atoms with E-state index in [9.17, 15) is 9.90 Å². The molecule has 2 aromatic carbocycles. The molecule has 4 aromatic rings. The third-order valence-corrected chi connectivity index (χ3v) is 6.08. The standard InChI is InChI=1S/C22H18N2O4S/c1-12(25)9-24-22(26)21-19(13-5-3-2-4-6-13)15-10-23-16-8-18-17(27-11-28-18)7-14(16)20(15)29-21/h2-8,10,12,25H,9,11H2,1H3,(H,24,26)/t12-/m0/s1. The molecule has 0 unspecified atom stereocenters. The second kappa shape index (κ2) is 7.02. The number of ether oxygens (including phenoxy) is 2. The first-order chi connectivity index (χ1) is 14.1. The molecule has 2 aromatic heterocycles. The Hall–Kier alpha value is -3.16. The lowest BCUT2D eigenvalue weighted by Gasteiger charge is -2.08. The minimum Gasteiger partial charge on any atom is -0.454 e. The number of thiophene rings is 1. The molecule has 0 fully saturated rings. The molecule has 0 aliphatic carbocycles. The number of hydrogen-bond acceptors (Lipinski definition) is 6. The number of aromatic nitrogens is 1. The summed E-state index contributed by atoms with van der Waals surface area (Å²) in [5.74, 6) is 1.15. The average Bonchev–Trinajstić information content (AvgIpc) is 3.35. The smallest absolute Gasteiger partial charge is 0.262 e. The average molecular weight is 406 g/mol. The van der Waals surface area contributed by atoms with E-state index < -0.39 is 6.10 Å². The van der Waals surface area contributed by atoms with E-state index in [1.807, 2.05) is 48.7 Å². The summed E-state index contributed by atoms with van der Waals surface area (Å²) in [6.07, 6.45) is 1.19. The number of aliphatic hydroxyl groups is 1. The zero-order valence-electron chi connectivity index (χ0n) is 15.6. The number of benzene rings is 2. The minimum absolute atomic E-state index is 0.193. The van der Waals surface area contributed by atoms with Crippen LogP contribution in [0.5, 0.6) is 11.5 Å². The molecule has 1 amide bonds. The monoisotopic (exact) mass is 406 g/mol. The van der Waals surface area contributed by atoms with Crippen molar-refractivity contribution in [3.8, 4) is 22.6 Å². The van der Waals surface area contributed by atoms with Crippen molar-refractivity contribution in [3.05, 3.63) is 53.5 Å². The normalized spacial score (nSPS) is 13.7. The number of amides is 1. The van der Waals surface area contributed by atoms with Gasteiger partial charge in [-0.2, -0.15) is 0 Å². The maximum absolute atomic E-state index is 13.0. The first-order valence-electron chi connectivity index (χ1n) is 9.28. The summed E-state index contributed by atoms with van der Waals surface area (Å²) in [6.45, 7) is 2.03. The van der Waals surface area contributed by atoms with Crippen LogP contribution in [0, 0.1) is 0 Å². The second-order valence-corrected chi connectivity index (χ2v) is 7.98. The van der Waals surface area contributed by atoms with Crippen molar-refractivity contribution in [2.24, 2.45) is 0 Å². The highest BCUT2D eigenvalue weighted by atomic mass is 32.1. The van der Waals surface area contributed by atoms with Crippen molar-refractivity contribution in [2.45, 2.75) is 13.0 Å². The summed E-state index contributed by atoms with van der Waals surface area (Å²) >= 11 is 1.42. The van der Waals surface area contributed by atoms with Gasteiger partial charge in [0.1, 0.15) is 4.88 Å². The lowest BCUT2D eigenvalue weighted by atomic mass is 10.0. The highest BCUT2D eigenvalue weighted by Gasteiger charge is 2.23. The molecule has 3 heterocycles. The third-order valence-electron chi connectivity index (χ3n) is 4.84. The Balaban J connectivity index is 1.75. The van der Waals surface area contributed by atoms with E-state index in [1.165, 1.54) is 11.3 Å². The van der Waals surface area contributed by atoms with Crippen LogP contribution in [-0.2, 0) is 0 Å². The number of pyridine rings is 1. The minimum atomic E-state index is -0.615. The Kier molecular flexibility index (Phi) is 4.34. The Bertz CT molecular complexity index is 1230. The van der Waals surface area contributed by atoms with Crippen LogP contribution in [0.15, 0.2) is 48.7 Å². The fraction of sp³-hybridized carbons (Fsp3) is 0.182. The highest BCUT2D eigenvalue weighted by molar-refractivity contribution is 7.22. The van der Waals surface area contributed by atoms with Crippen LogP contribution in [-0.4, -0.2) is 35.4 Å². The maximum Gasteiger partial charge on any atom is 0.262 e. The van der Waals surface area contributed by atoms with E-state index in [2.05, 4.69) is 10.3 Å². The highest BCUT2D eigenvalue weighted by Crippen LogP contribution is 2.44. The molecule has 0 radical (unpaired) electrons. The predicted molar refractivity (Wildman–Crippen MR) is 113 cm³/mol. The molecule has 0 saturated heterocycles. The SMILES string of the molecule is C[C@H](O)CNC(=O)c1sc2c(cnc3cc4c(cc32)OCO4)c1-c1ccccc1. The number of nitrogens with one attached hydrogen (secondary N) is 1. The third kappa shape index (κ3) is 3.08. The van der Waals surface area contributed by atoms with E-state index in [4.69, 9.17) is 9.47 Å². The zero-order chi connectivity index (χ0) is 20.0. The fourth-order valence-electron chi connectivity index (χ4n) is 3.49. The van der Waals surface area contributed by atoms with E-state index in [-0.39, 0.29) is 19.2 Å². The van der Waals surface area contributed by atoms with E-state index in [0.29, 0.717) is 16.4 Å². The number of aliphatic hydroxyl groups excluding tert-OH is 1. The number of hydrogen-bond donors (Lipinski definition) is 2. The van der Waals surface area contributed by atoms with Gasteiger partial charge in [-0.15, -0.1) is 11.3 Å². The number of carbonyl (C=O) groups is 1. The Morgan fingerprint density at radius 1 is 1.21 bits per heavy atom. The number of nitrogens with zero attached hydrogens (tertiary/aromatic N) is 1. The van der Waals surface area contributed by atoms with Gasteiger partial charge in [-0.25, -0.2) is 0 Å². The van der Waals surface area contributed by atoms with E-state index >= 15 is 0 Å². The molecule has 1 aliphatic rings. The summed E-state index contributed by atoms with van der Waals surface area (Å²) in [6, 6.07) is 13.6. The molecular weight excluding hydrogens is 388 g/mol. The molecule has 2 N–H and O–H groups in total. The van der Waals surface area contributed by atoms with Gasteiger partial charge in [-0.1, -0.05) is 30.3 Å². The number of fused-ring (bicyclic) bond motifs is 4. The lowest BCUT2D eigenvalue weighted by Crippen LogP contribution is -2.30. The molecule has 0 saturated carbocycles. The maximum atomic E-state index is 13.0. The van der Waals surface area contributed by atoms with Gasteiger partial charge in [0.15, 0.2) is 11.5 Å². The lowest BCUT2D eigenvalue weighted by molar-refractivity contribution is 0.0928. The van der Waals surface area contributed by atoms with Crippen LogP contribution in [0.2, 0.25) is 0 Å². The van der Waals surface area contributed by atoms with Crippen molar-refractivity contribution in [2.75, 3.05) is 13.3 Å². The van der Waals surface area contributed by atoms with Gasteiger partial charge in [0.05, 0.1) is 11.6 Å². The van der Waals surface area contributed by atoms with Crippen LogP contribution in [0.4, 0.5) is 0 Å². The Morgan fingerprint density at radius 2 is 1.97 bits per heavy atom. The van der Waals surface area contributed by atoms with Crippen LogP contribution in [0.1, 0.15) is 16.6 Å². The first-order valence-corrected chi connectivity index (χ1v) is 10.1. The summed E-state index contributed by atoms with van der Waals surface area (Å²) < 4.78 is 12.0. The molecular formula is C22H18N2O4S. The van der Waals surface area contributed by atoms with E-state index in [1.54, 1.807) is 6.92 Å². The first kappa shape index (κ1) is 17.9. The topological polar surface area (TPSA) is 80.7 Å². The molecule has 7 heteroatoms.